The van der Waals surface area contributed by atoms with Crippen molar-refractivity contribution in [3.05, 3.63) is 42.0 Å². The van der Waals surface area contributed by atoms with Gasteiger partial charge in [-0.1, -0.05) is 6.07 Å². The molecular weight excluding hydrogens is 240 g/mol. The SMILES string of the molecule is c1cc2c(c(-n3ccnc3C3CCOC3)c1)CCO2. The summed E-state index contributed by atoms with van der Waals surface area (Å²) in [4.78, 5) is 4.54. The molecule has 1 aromatic carbocycles. The highest BCUT2D eigenvalue weighted by Gasteiger charge is 2.24. The van der Waals surface area contributed by atoms with Gasteiger partial charge in [0.2, 0.25) is 0 Å². The molecule has 0 amide bonds. The molecule has 2 aliphatic rings. The van der Waals surface area contributed by atoms with Crippen LogP contribution in [-0.4, -0.2) is 29.4 Å². The molecule has 1 unspecified atom stereocenters. The van der Waals surface area contributed by atoms with E-state index in [1.807, 2.05) is 18.5 Å². The van der Waals surface area contributed by atoms with Crippen molar-refractivity contribution in [3.8, 4) is 11.4 Å². The van der Waals surface area contributed by atoms with Gasteiger partial charge in [-0.25, -0.2) is 4.98 Å². The molecule has 3 heterocycles. The summed E-state index contributed by atoms with van der Waals surface area (Å²) in [6.07, 6.45) is 5.96. The van der Waals surface area contributed by atoms with Crippen LogP contribution in [0.15, 0.2) is 30.6 Å². The normalized spacial score (nSPS) is 21.4. The zero-order chi connectivity index (χ0) is 12.7. The van der Waals surface area contributed by atoms with Crippen molar-refractivity contribution >= 4 is 0 Å². The van der Waals surface area contributed by atoms with E-state index in [0.29, 0.717) is 5.92 Å². The average Bonchev–Trinajstić information content (AvgIpc) is 3.18. The Morgan fingerprint density at radius 1 is 1.26 bits per heavy atom. The minimum Gasteiger partial charge on any atom is -0.493 e. The lowest BCUT2D eigenvalue weighted by atomic mass is 10.1. The van der Waals surface area contributed by atoms with Gasteiger partial charge >= 0.3 is 0 Å². The zero-order valence-electron chi connectivity index (χ0n) is 10.7. The molecule has 0 spiro atoms. The number of hydrogen-bond donors (Lipinski definition) is 0. The van der Waals surface area contributed by atoms with Gasteiger partial charge < -0.3 is 14.0 Å². The molecule has 0 aliphatic carbocycles. The van der Waals surface area contributed by atoms with E-state index in [1.165, 1.54) is 11.3 Å². The van der Waals surface area contributed by atoms with E-state index in [-0.39, 0.29) is 0 Å². The maximum atomic E-state index is 5.64. The Morgan fingerprint density at radius 3 is 3.16 bits per heavy atom. The Bertz CT molecular complexity index is 600. The molecular formula is C15H16N2O2. The van der Waals surface area contributed by atoms with E-state index in [2.05, 4.69) is 21.7 Å². The highest BCUT2D eigenvalue weighted by atomic mass is 16.5. The van der Waals surface area contributed by atoms with Gasteiger partial charge in [-0.2, -0.15) is 0 Å². The highest BCUT2D eigenvalue weighted by molar-refractivity contribution is 5.52. The Morgan fingerprint density at radius 2 is 2.26 bits per heavy atom. The predicted molar refractivity (Wildman–Crippen MR) is 70.9 cm³/mol. The highest BCUT2D eigenvalue weighted by Crippen LogP contribution is 2.33. The summed E-state index contributed by atoms with van der Waals surface area (Å²) in [6, 6.07) is 6.24. The number of rotatable bonds is 2. The lowest BCUT2D eigenvalue weighted by Gasteiger charge is -2.14. The second-order valence-electron chi connectivity index (χ2n) is 5.07. The minimum atomic E-state index is 0.410. The number of aromatic nitrogens is 2. The molecule has 2 aromatic rings. The maximum Gasteiger partial charge on any atom is 0.124 e. The van der Waals surface area contributed by atoms with Gasteiger partial charge in [0, 0.05) is 36.9 Å². The van der Waals surface area contributed by atoms with E-state index >= 15 is 0 Å². The summed E-state index contributed by atoms with van der Waals surface area (Å²) in [5.41, 5.74) is 2.50. The number of ether oxygens (including phenoxy) is 2. The molecule has 1 atom stereocenters. The first kappa shape index (κ1) is 11.1. The van der Waals surface area contributed by atoms with Gasteiger partial charge in [0.1, 0.15) is 11.6 Å². The van der Waals surface area contributed by atoms with Gasteiger partial charge in [-0.15, -0.1) is 0 Å². The first-order valence-electron chi connectivity index (χ1n) is 6.79. The zero-order valence-corrected chi connectivity index (χ0v) is 10.7. The molecule has 2 aliphatic heterocycles. The van der Waals surface area contributed by atoms with Crippen molar-refractivity contribution in [3.63, 3.8) is 0 Å². The van der Waals surface area contributed by atoms with Gasteiger partial charge in [0.25, 0.3) is 0 Å². The van der Waals surface area contributed by atoms with Crippen LogP contribution in [0, 0.1) is 0 Å². The fourth-order valence-electron chi connectivity index (χ4n) is 2.99. The lowest BCUT2D eigenvalue weighted by molar-refractivity contribution is 0.193. The van der Waals surface area contributed by atoms with Gasteiger partial charge in [0.15, 0.2) is 0 Å². The fourth-order valence-corrected chi connectivity index (χ4v) is 2.99. The van der Waals surface area contributed by atoms with E-state index in [0.717, 1.165) is 44.2 Å². The Hall–Kier alpha value is -1.81. The molecule has 0 saturated carbocycles. The molecule has 1 fully saturated rings. The molecule has 0 bridgehead atoms. The third-order valence-corrected chi connectivity index (χ3v) is 3.94. The fraction of sp³-hybridized carbons (Fsp3) is 0.400. The smallest absolute Gasteiger partial charge is 0.124 e. The molecule has 4 nitrogen and oxygen atoms in total. The molecule has 0 radical (unpaired) electrons. The van der Waals surface area contributed by atoms with Crippen molar-refractivity contribution < 1.29 is 9.47 Å². The van der Waals surface area contributed by atoms with E-state index in [4.69, 9.17) is 9.47 Å². The Labute approximate surface area is 112 Å². The Balaban J connectivity index is 1.81. The summed E-state index contributed by atoms with van der Waals surface area (Å²) in [7, 11) is 0. The van der Waals surface area contributed by atoms with Crippen LogP contribution in [0.2, 0.25) is 0 Å². The maximum absolute atomic E-state index is 5.64. The number of hydrogen-bond acceptors (Lipinski definition) is 3. The first-order valence-corrected chi connectivity index (χ1v) is 6.79. The molecule has 1 aromatic heterocycles. The van der Waals surface area contributed by atoms with Gasteiger partial charge in [0.05, 0.1) is 18.9 Å². The van der Waals surface area contributed by atoms with Crippen molar-refractivity contribution in [1.82, 2.24) is 9.55 Å². The van der Waals surface area contributed by atoms with E-state index in [1.54, 1.807) is 0 Å². The topological polar surface area (TPSA) is 36.3 Å². The molecule has 98 valence electrons. The minimum absolute atomic E-state index is 0.410. The first-order chi connectivity index (χ1) is 9.43. The molecule has 0 N–H and O–H groups in total. The van der Waals surface area contributed by atoms with Crippen molar-refractivity contribution in [2.24, 2.45) is 0 Å². The van der Waals surface area contributed by atoms with Gasteiger partial charge in [-0.05, 0) is 18.6 Å². The average molecular weight is 256 g/mol. The van der Waals surface area contributed by atoms with Crippen LogP contribution in [0.3, 0.4) is 0 Å². The number of benzene rings is 1. The quantitative estimate of drug-likeness (QED) is 0.827. The summed E-state index contributed by atoms with van der Waals surface area (Å²) in [5, 5.41) is 0. The van der Waals surface area contributed by atoms with Crippen molar-refractivity contribution in [2.75, 3.05) is 19.8 Å². The van der Waals surface area contributed by atoms with Crippen LogP contribution in [-0.2, 0) is 11.2 Å². The van der Waals surface area contributed by atoms with E-state index < -0.39 is 0 Å². The second-order valence-corrected chi connectivity index (χ2v) is 5.07. The van der Waals surface area contributed by atoms with Crippen LogP contribution in [0.1, 0.15) is 23.7 Å². The van der Waals surface area contributed by atoms with Crippen molar-refractivity contribution in [1.29, 1.82) is 0 Å². The van der Waals surface area contributed by atoms with Crippen LogP contribution in [0.25, 0.3) is 5.69 Å². The second kappa shape index (κ2) is 4.38. The third-order valence-electron chi connectivity index (χ3n) is 3.94. The lowest BCUT2D eigenvalue weighted by Crippen LogP contribution is -2.08. The molecule has 4 rings (SSSR count). The molecule has 1 saturated heterocycles. The summed E-state index contributed by atoms with van der Waals surface area (Å²) in [6.45, 7) is 2.40. The largest absolute Gasteiger partial charge is 0.493 e. The van der Waals surface area contributed by atoms with Gasteiger partial charge in [-0.3, -0.25) is 0 Å². The van der Waals surface area contributed by atoms with Crippen molar-refractivity contribution in [2.45, 2.75) is 18.8 Å². The predicted octanol–water partition coefficient (Wildman–Crippen LogP) is 2.31. The Kier molecular flexibility index (Phi) is 2.55. The van der Waals surface area contributed by atoms with Crippen LogP contribution in [0.5, 0.6) is 5.75 Å². The molecule has 4 heteroatoms. The summed E-state index contributed by atoms with van der Waals surface area (Å²) >= 11 is 0. The van der Waals surface area contributed by atoms with Crippen LogP contribution >= 0.6 is 0 Å². The standard InChI is InChI=1S/C15H16N2O2/c1-2-13(12-5-9-19-14(12)3-1)17-7-6-16-15(17)11-4-8-18-10-11/h1-3,6-7,11H,4-5,8-10H2. The van der Waals surface area contributed by atoms with E-state index in [9.17, 15) is 0 Å². The van der Waals surface area contributed by atoms with Crippen LogP contribution in [0.4, 0.5) is 0 Å². The summed E-state index contributed by atoms with van der Waals surface area (Å²) < 4.78 is 13.3. The number of imidazole rings is 1. The number of fused-ring (bicyclic) bond motifs is 1. The summed E-state index contributed by atoms with van der Waals surface area (Å²) in [5.74, 6) is 2.53. The third kappa shape index (κ3) is 1.75. The number of nitrogens with zero attached hydrogens (tertiary/aromatic N) is 2. The molecule has 19 heavy (non-hydrogen) atoms. The monoisotopic (exact) mass is 256 g/mol. The van der Waals surface area contributed by atoms with Crippen LogP contribution < -0.4 is 4.74 Å².